The molecule has 0 rings (SSSR count). The van der Waals surface area contributed by atoms with Gasteiger partial charge in [0.2, 0.25) is 0 Å². The first-order valence-electron chi connectivity index (χ1n) is 38.5. The van der Waals surface area contributed by atoms with Gasteiger partial charge in [0, 0.05) is 25.7 Å². The van der Waals surface area contributed by atoms with E-state index in [0.29, 0.717) is 25.7 Å². The molecule has 0 aliphatic heterocycles. The van der Waals surface area contributed by atoms with E-state index in [-0.39, 0.29) is 25.7 Å². The predicted molar refractivity (Wildman–Crippen MR) is 377 cm³/mol. The molecule has 0 heterocycles. The summed E-state index contributed by atoms with van der Waals surface area (Å²) in [5.74, 6) is -0.571. The van der Waals surface area contributed by atoms with Crippen LogP contribution >= 0.6 is 15.6 Å². The van der Waals surface area contributed by atoms with Crippen molar-refractivity contribution < 1.29 is 80.2 Å². The molecule has 0 spiro atoms. The molecular formula is C74H144O17P2. The van der Waals surface area contributed by atoms with Crippen molar-refractivity contribution in [2.45, 2.75) is 400 Å². The van der Waals surface area contributed by atoms with Crippen molar-refractivity contribution >= 4 is 39.5 Å². The minimum atomic E-state index is -4.96. The number of aliphatic hydroxyl groups excluding tert-OH is 1. The quantitative estimate of drug-likeness (QED) is 0.0222. The average molecular weight is 1370 g/mol. The lowest BCUT2D eigenvalue weighted by molar-refractivity contribution is -0.161. The number of carbonyl (C=O) groups is 4. The first-order chi connectivity index (χ1) is 44.9. The van der Waals surface area contributed by atoms with Crippen LogP contribution < -0.4 is 0 Å². The molecule has 0 saturated carbocycles. The lowest BCUT2D eigenvalue weighted by Crippen LogP contribution is -2.30. The second kappa shape index (κ2) is 66.0. The zero-order valence-corrected chi connectivity index (χ0v) is 62.3. The van der Waals surface area contributed by atoms with Crippen LogP contribution in [0.4, 0.5) is 0 Å². The highest BCUT2D eigenvalue weighted by atomic mass is 31.2. The van der Waals surface area contributed by atoms with Gasteiger partial charge in [-0.15, -0.1) is 0 Å². The molecule has 17 nitrogen and oxygen atoms in total. The Labute approximate surface area is 568 Å². The Morgan fingerprint density at radius 2 is 0.548 bits per heavy atom. The molecule has 0 fully saturated rings. The summed E-state index contributed by atoms with van der Waals surface area (Å²) in [5, 5.41) is 10.6. The molecule has 0 aromatic heterocycles. The number of esters is 4. The summed E-state index contributed by atoms with van der Waals surface area (Å²) < 4.78 is 68.5. The van der Waals surface area contributed by atoms with Crippen molar-refractivity contribution in [2.75, 3.05) is 39.6 Å². The minimum Gasteiger partial charge on any atom is -0.462 e. The summed E-state index contributed by atoms with van der Waals surface area (Å²) in [7, 11) is -9.91. The van der Waals surface area contributed by atoms with Crippen LogP contribution in [0.5, 0.6) is 0 Å². The lowest BCUT2D eigenvalue weighted by atomic mass is 9.99. The second-order valence-corrected chi connectivity index (χ2v) is 30.3. The van der Waals surface area contributed by atoms with E-state index in [1.54, 1.807) is 0 Å². The number of ether oxygens (including phenoxy) is 4. The van der Waals surface area contributed by atoms with E-state index in [0.717, 1.165) is 102 Å². The molecule has 0 aliphatic carbocycles. The van der Waals surface area contributed by atoms with Gasteiger partial charge in [0.25, 0.3) is 0 Å². The van der Waals surface area contributed by atoms with Gasteiger partial charge in [-0.3, -0.25) is 37.3 Å². The van der Waals surface area contributed by atoms with E-state index < -0.39 is 97.5 Å². The minimum absolute atomic E-state index is 0.105. The van der Waals surface area contributed by atoms with Crippen molar-refractivity contribution in [3.63, 3.8) is 0 Å². The van der Waals surface area contributed by atoms with Gasteiger partial charge in [-0.05, 0) is 37.5 Å². The van der Waals surface area contributed by atoms with E-state index in [2.05, 4.69) is 41.5 Å². The fourth-order valence-electron chi connectivity index (χ4n) is 11.3. The van der Waals surface area contributed by atoms with Crippen molar-refractivity contribution in [3.05, 3.63) is 0 Å². The second-order valence-electron chi connectivity index (χ2n) is 27.4. The summed E-state index contributed by atoms with van der Waals surface area (Å²) in [5.41, 5.74) is 0. The Morgan fingerprint density at radius 3 is 0.817 bits per heavy atom. The molecule has 0 amide bonds. The molecular weight excluding hydrogens is 1220 g/mol. The SMILES string of the molecule is CCCCCCCCCCCCCCCCC(=O)OC[C@H](COP(=O)(O)OC[C@@H](O)COP(=O)(O)OC[C@@H](COC(=O)CCCCCCCCCCCCCC)OC(=O)CCCCCCCCCCC(C)CC)OC(=O)CCCCCCCCCCCCCCC(C)C. The van der Waals surface area contributed by atoms with Crippen LogP contribution in [0, 0.1) is 11.8 Å². The molecule has 0 radical (unpaired) electrons. The molecule has 3 unspecified atom stereocenters. The van der Waals surface area contributed by atoms with Gasteiger partial charge in [0.1, 0.15) is 19.3 Å². The van der Waals surface area contributed by atoms with Gasteiger partial charge in [-0.2, -0.15) is 0 Å². The summed E-state index contributed by atoms with van der Waals surface area (Å²) in [6, 6.07) is 0. The van der Waals surface area contributed by atoms with E-state index in [1.807, 2.05) is 0 Å². The van der Waals surface area contributed by atoms with Crippen LogP contribution in [0.3, 0.4) is 0 Å². The van der Waals surface area contributed by atoms with E-state index in [1.165, 1.54) is 199 Å². The van der Waals surface area contributed by atoms with Crippen LogP contribution in [0.15, 0.2) is 0 Å². The third kappa shape index (κ3) is 67.0. The van der Waals surface area contributed by atoms with Crippen LogP contribution in [0.1, 0.15) is 382 Å². The van der Waals surface area contributed by atoms with Gasteiger partial charge in [0.15, 0.2) is 12.2 Å². The topological polar surface area (TPSA) is 237 Å². The Morgan fingerprint density at radius 1 is 0.312 bits per heavy atom. The molecule has 93 heavy (non-hydrogen) atoms. The summed E-state index contributed by atoms with van der Waals surface area (Å²) in [6.07, 6.45) is 52.5. The monoisotopic (exact) mass is 1370 g/mol. The number of hydrogen-bond acceptors (Lipinski definition) is 15. The van der Waals surface area contributed by atoms with E-state index in [9.17, 15) is 43.2 Å². The first kappa shape index (κ1) is 91.1. The van der Waals surface area contributed by atoms with Gasteiger partial charge >= 0.3 is 39.5 Å². The zero-order valence-electron chi connectivity index (χ0n) is 60.6. The highest BCUT2D eigenvalue weighted by molar-refractivity contribution is 7.47. The fourth-order valence-corrected chi connectivity index (χ4v) is 12.8. The maximum Gasteiger partial charge on any atom is 0.472 e. The third-order valence-corrected chi connectivity index (χ3v) is 19.5. The summed E-state index contributed by atoms with van der Waals surface area (Å²) in [6.45, 7) is 9.59. The highest BCUT2D eigenvalue weighted by Crippen LogP contribution is 2.45. The smallest absolute Gasteiger partial charge is 0.462 e. The largest absolute Gasteiger partial charge is 0.472 e. The number of phosphoric ester groups is 2. The predicted octanol–water partition coefficient (Wildman–Crippen LogP) is 21.6. The van der Waals surface area contributed by atoms with Gasteiger partial charge in [-0.25, -0.2) is 9.13 Å². The maximum absolute atomic E-state index is 13.1. The van der Waals surface area contributed by atoms with E-state index >= 15 is 0 Å². The van der Waals surface area contributed by atoms with Crippen molar-refractivity contribution in [2.24, 2.45) is 11.8 Å². The Kier molecular flexibility index (Phi) is 64.6. The van der Waals surface area contributed by atoms with Crippen LogP contribution in [-0.4, -0.2) is 96.7 Å². The van der Waals surface area contributed by atoms with Gasteiger partial charge in [0.05, 0.1) is 26.4 Å². The first-order valence-corrected chi connectivity index (χ1v) is 41.5. The number of phosphoric acid groups is 2. The Hall–Kier alpha value is -1.94. The zero-order chi connectivity index (χ0) is 68.6. The van der Waals surface area contributed by atoms with Gasteiger partial charge < -0.3 is 33.8 Å². The maximum atomic E-state index is 13.1. The highest BCUT2D eigenvalue weighted by Gasteiger charge is 2.30. The molecule has 0 aliphatic rings. The molecule has 0 aromatic carbocycles. The standard InChI is InChI=1S/C74H144O17P2/c1-7-10-12-14-16-18-20-22-23-28-32-39-45-51-57-72(77)84-62-69(90-73(78)58-52-46-40-33-29-25-24-26-30-36-42-48-54-66(4)5)64-88-92(80,81)86-60-68(75)61-87-93(82,83)89-65-70(91-74(79)59-53-47-41-35-34-37-43-49-55-67(6)9-3)63-85-71(76)56-50-44-38-31-27-21-19-17-15-13-11-8-2/h66-70,75H,7-65H2,1-6H3,(H,80,81)(H,82,83)/t67?,68-,69-,70-/m1/s1. The van der Waals surface area contributed by atoms with Crippen molar-refractivity contribution in [1.29, 1.82) is 0 Å². The van der Waals surface area contributed by atoms with Gasteiger partial charge in [-0.1, -0.05) is 330 Å². The van der Waals surface area contributed by atoms with Crippen molar-refractivity contribution in [1.82, 2.24) is 0 Å². The lowest BCUT2D eigenvalue weighted by Gasteiger charge is -2.21. The average Bonchev–Trinajstić information content (AvgIpc) is 1.98. The number of hydrogen-bond donors (Lipinski definition) is 3. The third-order valence-electron chi connectivity index (χ3n) is 17.6. The summed E-state index contributed by atoms with van der Waals surface area (Å²) >= 11 is 0. The number of rotatable bonds is 73. The molecule has 3 N–H and O–H groups in total. The molecule has 0 saturated heterocycles. The molecule has 19 heteroatoms. The molecule has 0 bridgehead atoms. The van der Waals surface area contributed by atoms with Crippen LogP contribution in [0.25, 0.3) is 0 Å². The fraction of sp³-hybridized carbons (Fsp3) is 0.946. The Balaban J connectivity index is 5.27. The summed E-state index contributed by atoms with van der Waals surface area (Å²) in [4.78, 5) is 72.8. The number of carbonyl (C=O) groups excluding carboxylic acids is 4. The van der Waals surface area contributed by atoms with Crippen LogP contribution in [-0.2, 0) is 65.4 Å². The Bertz CT molecular complexity index is 1810. The number of unbranched alkanes of at least 4 members (excludes halogenated alkanes) is 42. The number of aliphatic hydroxyl groups is 1. The van der Waals surface area contributed by atoms with E-state index in [4.69, 9.17) is 37.0 Å². The molecule has 552 valence electrons. The van der Waals surface area contributed by atoms with Crippen molar-refractivity contribution in [3.8, 4) is 0 Å². The van der Waals surface area contributed by atoms with Crippen LogP contribution in [0.2, 0.25) is 0 Å². The normalized spacial score (nSPS) is 14.3. The molecule has 6 atom stereocenters. The molecule has 0 aromatic rings.